The summed E-state index contributed by atoms with van der Waals surface area (Å²) in [6, 6.07) is 0. The molecule has 0 amide bonds. The number of likely N-dealkylation sites (tertiary alicyclic amines) is 1. The lowest BCUT2D eigenvalue weighted by atomic mass is 9.85. The predicted molar refractivity (Wildman–Crippen MR) is 63.4 cm³/mol. The summed E-state index contributed by atoms with van der Waals surface area (Å²) < 4.78 is 0. The van der Waals surface area contributed by atoms with Gasteiger partial charge in [-0.05, 0) is 38.8 Å². The van der Waals surface area contributed by atoms with Gasteiger partial charge in [0.1, 0.15) is 0 Å². The lowest BCUT2D eigenvalue weighted by Crippen LogP contribution is -2.43. The molecule has 1 heterocycles. The lowest BCUT2D eigenvalue weighted by Gasteiger charge is -2.32. The molecule has 0 bridgehead atoms. The third kappa shape index (κ3) is 1.94. The summed E-state index contributed by atoms with van der Waals surface area (Å²) in [6.07, 6.45) is 7.77. The fourth-order valence-electron chi connectivity index (χ4n) is 2.90. The van der Waals surface area contributed by atoms with Gasteiger partial charge in [-0.3, -0.25) is 0 Å². The first-order valence-electron chi connectivity index (χ1n) is 5.75. The van der Waals surface area contributed by atoms with Crippen molar-refractivity contribution in [3.63, 3.8) is 0 Å². The molecule has 2 nitrogen and oxygen atoms in total. The zero-order valence-electron chi connectivity index (χ0n) is 8.80. The van der Waals surface area contributed by atoms with Crippen LogP contribution in [0.5, 0.6) is 0 Å². The molecular weight excluding hydrogens is 192 g/mol. The van der Waals surface area contributed by atoms with E-state index >= 15 is 0 Å². The maximum Gasteiger partial charge on any atom is 0.0802 e. The third-order valence-corrected chi connectivity index (χ3v) is 4.24. The van der Waals surface area contributed by atoms with Gasteiger partial charge < -0.3 is 10.6 Å². The number of rotatable bonds is 3. The minimum absolute atomic E-state index is 0.194. The van der Waals surface area contributed by atoms with Gasteiger partial charge in [-0.15, -0.1) is 0 Å². The summed E-state index contributed by atoms with van der Waals surface area (Å²) in [7, 11) is 0. The minimum atomic E-state index is 0.194. The van der Waals surface area contributed by atoms with E-state index in [1.54, 1.807) is 0 Å². The van der Waals surface area contributed by atoms with Gasteiger partial charge >= 0.3 is 0 Å². The Labute approximate surface area is 91.8 Å². The summed E-state index contributed by atoms with van der Waals surface area (Å²) in [6.45, 7) is 3.64. The summed E-state index contributed by atoms with van der Waals surface area (Å²) in [5.74, 6) is 0. The minimum Gasteiger partial charge on any atom is -0.393 e. The molecule has 1 saturated carbocycles. The molecule has 0 aromatic heterocycles. The second-order valence-corrected chi connectivity index (χ2v) is 5.27. The zero-order valence-corrected chi connectivity index (χ0v) is 9.61. The van der Waals surface area contributed by atoms with Gasteiger partial charge in [-0.1, -0.05) is 25.1 Å². The zero-order chi connectivity index (χ0) is 10.0. The Balaban J connectivity index is 1.99. The van der Waals surface area contributed by atoms with Crippen molar-refractivity contribution in [3.05, 3.63) is 0 Å². The maximum absolute atomic E-state index is 5.92. The van der Waals surface area contributed by atoms with Crippen LogP contribution in [0.2, 0.25) is 0 Å². The van der Waals surface area contributed by atoms with Crippen molar-refractivity contribution >= 4 is 17.2 Å². The average Bonchev–Trinajstić information content (AvgIpc) is 2.76. The Morgan fingerprint density at radius 2 is 1.71 bits per heavy atom. The van der Waals surface area contributed by atoms with Crippen molar-refractivity contribution in [3.8, 4) is 0 Å². The third-order valence-electron chi connectivity index (χ3n) is 3.81. The van der Waals surface area contributed by atoms with Crippen molar-refractivity contribution in [2.45, 2.75) is 38.5 Å². The first kappa shape index (κ1) is 10.4. The molecule has 3 heteroatoms. The van der Waals surface area contributed by atoms with E-state index in [0.717, 1.165) is 11.5 Å². The molecule has 0 aromatic carbocycles. The molecule has 2 fully saturated rings. The van der Waals surface area contributed by atoms with E-state index in [4.69, 9.17) is 18.0 Å². The van der Waals surface area contributed by atoms with E-state index in [1.165, 1.54) is 51.6 Å². The van der Waals surface area contributed by atoms with Crippen molar-refractivity contribution in [2.75, 3.05) is 19.6 Å². The Morgan fingerprint density at radius 3 is 2.21 bits per heavy atom. The van der Waals surface area contributed by atoms with Crippen LogP contribution in [0.4, 0.5) is 0 Å². The van der Waals surface area contributed by atoms with Crippen LogP contribution < -0.4 is 5.73 Å². The van der Waals surface area contributed by atoms with E-state index in [-0.39, 0.29) is 5.41 Å². The SMILES string of the molecule is NC(=S)C1(CN2CCCC2)CCCC1. The first-order chi connectivity index (χ1) is 6.73. The van der Waals surface area contributed by atoms with Gasteiger partial charge in [0.15, 0.2) is 0 Å². The van der Waals surface area contributed by atoms with Gasteiger partial charge in [0.05, 0.1) is 4.99 Å². The van der Waals surface area contributed by atoms with Gasteiger partial charge in [-0.25, -0.2) is 0 Å². The van der Waals surface area contributed by atoms with Crippen LogP contribution in [0.15, 0.2) is 0 Å². The molecule has 0 aromatic rings. The Bertz CT molecular complexity index is 215. The molecule has 2 aliphatic rings. The van der Waals surface area contributed by atoms with E-state index < -0.39 is 0 Å². The van der Waals surface area contributed by atoms with E-state index in [2.05, 4.69) is 4.90 Å². The maximum atomic E-state index is 5.92. The van der Waals surface area contributed by atoms with Crippen LogP contribution in [-0.4, -0.2) is 29.5 Å². The molecular formula is C11H20N2S. The van der Waals surface area contributed by atoms with Gasteiger partial charge in [0.25, 0.3) is 0 Å². The van der Waals surface area contributed by atoms with E-state index in [0.29, 0.717) is 0 Å². The standard InChI is InChI=1S/C11H20N2S/c12-10(14)11(5-1-2-6-11)9-13-7-3-4-8-13/h1-9H2,(H2,12,14). The van der Waals surface area contributed by atoms with Crippen LogP contribution in [-0.2, 0) is 0 Å². The van der Waals surface area contributed by atoms with E-state index in [1.807, 2.05) is 0 Å². The highest BCUT2D eigenvalue weighted by atomic mass is 32.1. The molecule has 1 aliphatic heterocycles. The Kier molecular flexibility index (Phi) is 3.07. The summed E-state index contributed by atoms with van der Waals surface area (Å²) in [4.78, 5) is 3.31. The molecule has 80 valence electrons. The normalized spacial score (nSPS) is 26.9. The molecule has 2 N–H and O–H groups in total. The number of hydrogen-bond acceptors (Lipinski definition) is 2. The highest BCUT2D eigenvalue weighted by Gasteiger charge is 2.38. The molecule has 1 aliphatic carbocycles. The van der Waals surface area contributed by atoms with Crippen LogP contribution in [0.3, 0.4) is 0 Å². The topological polar surface area (TPSA) is 29.3 Å². The molecule has 1 saturated heterocycles. The number of hydrogen-bond donors (Lipinski definition) is 1. The molecule has 0 spiro atoms. The van der Waals surface area contributed by atoms with Crippen molar-refractivity contribution in [2.24, 2.45) is 11.1 Å². The number of nitrogens with zero attached hydrogens (tertiary/aromatic N) is 1. The van der Waals surface area contributed by atoms with Gasteiger partial charge in [0, 0.05) is 12.0 Å². The molecule has 0 unspecified atom stereocenters. The Morgan fingerprint density at radius 1 is 1.14 bits per heavy atom. The van der Waals surface area contributed by atoms with E-state index in [9.17, 15) is 0 Å². The second kappa shape index (κ2) is 4.15. The smallest absolute Gasteiger partial charge is 0.0802 e. The van der Waals surface area contributed by atoms with Crippen molar-refractivity contribution < 1.29 is 0 Å². The van der Waals surface area contributed by atoms with Crippen molar-refractivity contribution in [1.82, 2.24) is 4.90 Å². The average molecular weight is 212 g/mol. The first-order valence-corrected chi connectivity index (χ1v) is 6.16. The van der Waals surface area contributed by atoms with Crippen LogP contribution >= 0.6 is 12.2 Å². The second-order valence-electron chi connectivity index (χ2n) is 4.83. The van der Waals surface area contributed by atoms with Crippen LogP contribution in [0.1, 0.15) is 38.5 Å². The molecule has 0 radical (unpaired) electrons. The van der Waals surface area contributed by atoms with Gasteiger partial charge in [0.2, 0.25) is 0 Å². The predicted octanol–water partition coefficient (Wildman–Crippen LogP) is 1.93. The molecule has 0 atom stereocenters. The molecule has 14 heavy (non-hydrogen) atoms. The van der Waals surface area contributed by atoms with Gasteiger partial charge in [-0.2, -0.15) is 0 Å². The fourth-order valence-corrected chi connectivity index (χ4v) is 3.17. The van der Waals surface area contributed by atoms with Crippen molar-refractivity contribution in [1.29, 1.82) is 0 Å². The fraction of sp³-hybridized carbons (Fsp3) is 0.909. The highest BCUT2D eigenvalue weighted by molar-refractivity contribution is 7.80. The lowest BCUT2D eigenvalue weighted by molar-refractivity contribution is 0.241. The molecule has 2 rings (SSSR count). The number of nitrogens with two attached hydrogens (primary N) is 1. The summed E-state index contributed by atoms with van der Waals surface area (Å²) in [5, 5.41) is 0. The highest BCUT2D eigenvalue weighted by Crippen LogP contribution is 2.39. The largest absolute Gasteiger partial charge is 0.393 e. The quantitative estimate of drug-likeness (QED) is 0.725. The van der Waals surface area contributed by atoms with Crippen LogP contribution in [0, 0.1) is 5.41 Å². The summed E-state index contributed by atoms with van der Waals surface area (Å²) >= 11 is 5.25. The van der Waals surface area contributed by atoms with Crippen LogP contribution in [0.25, 0.3) is 0 Å². The monoisotopic (exact) mass is 212 g/mol. The number of thiocarbonyl (C=S) groups is 1. The summed E-state index contributed by atoms with van der Waals surface area (Å²) in [5.41, 5.74) is 6.11. The Hall–Kier alpha value is -0.150.